The molecule has 1 amide bonds. The van der Waals surface area contributed by atoms with Crippen LogP contribution in [-0.4, -0.2) is 22.0 Å². The van der Waals surface area contributed by atoms with E-state index in [0.717, 1.165) is 21.2 Å². The Bertz CT molecular complexity index is 1160. The maximum Gasteiger partial charge on any atom is 0.261 e. The number of para-hydroxylation sites is 1. The molecule has 0 bridgehead atoms. The highest BCUT2D eigenvalue weighted by atomic mass is 127. The van der Waals surface area contributed by atoms with Gasteiger partial charge in [0.05, 0.1) is 22.2 Å². The SMILES string of the molecule is CCCN1C(=O)/C(=C\c2nc3ccc(I)cc3c(=O)n2C)c2ccccc21. The zero-order valence-electron chi connectivity index (χ0n) is 15.1. The second kappa shape index (κ2) is 6.92. The highest BCUT2D eigenvalue weighted by Crippen LogP contribution is 2.37. The number of rotatable bonds is 3. The Hall–Kier alpha value is -2.48. The number of benzene rings is 2. The first-order valence-corrected chi connectivity index (χ1v) is 9.88. The molecule has 1 aliphatic rings. The summed E-state index contributed by atoms with van der Waals surface area (Å²) in [6.07, 6.45) is 2.61. The van der Waals surface area contributed by atoms with Gasteiger partial charge < -0.3 is 4.90 Å². The molecule has 27 heavy (non-hydrogen) atoms. The van der Waals surface area contributed by atoms with Crippen molar-refractivity contribution in [1.82, 2.24) is 9.55 Å². The molecule has 0 saturated carbocycles. The molecule has 3 aromatic rings. The molecule has 4 rings (SSSR count). The fourth-order valence-corrected chi connectivity index (χ4v) is 3.90. The summed E-state index contributed by atoms with van der Waals surface area (Å²) in [5.74, 6) is 0.431. The second-order valence-electron chi connectivity index (χ2n) is 6.53. The fourth-order valence-electron chi connectivity index (χ4n) is 3.41. The number of carbonyl (C=O) groups excluding carboxylic acids is 1. The average Bonchev–Trinajstić information content (AvgIpc) is 2.93. The third kappa shape index (κ3) is 2.97. The molecule has 0 spiro atoms. The van der Waals surface area contributed by atoms with Gasteiger partial charge >= 0.3 is 0 Å². The molecular formula is C21H18IN3O2. The van der Waals surface area contributed by atoms with E-state index in [1.807, 2.05) is 49.4 Å². The molecule has 0 radical (unpaired) electrons. The van der Waals surface area contributed by atoms with Crippen LogP contribution in [0.1, 0.15) is 24.7 Å². The summed E-state index contributed by atoms with van der Waals surface area (Å²) in [4.78, 5) is 32.2. The van der Waals surface area contributed by atoms with Crippen LogP contribution in [0.25, 0.3) is 22.6 Å². The van der Waals surface area contributed by atoms with E-state index in [4.69, 9.17) is 0 Å². The Kier molecular flexibility index (Phi) is 4.59. The first-order valence-electron chi connectivity index (χ1n) is 8.80. The minimum absolute atomic E-state index is 0.0463. The van der Waals surface area contributed by atoms with Crippen LogP contribution in [0, 0.1) is 3.57 Å². The predicted octanol–water partition coefficient (Wildman–Crippen LogP) is 3.84. The molecule has 0 atom stereocenters. The zero-order chi connectivity index (χ0) is 19.1. The number of carbonyl (C=O) groups is 1. The zero-order valence-corrected chi connectivity index (χ0v) is 17.2. The van der Waals surface area contributed by atoms with Crippen molar-refractivity contribution in [3.8, 4) is 0 Å². The topological polar surface area (TPSA) is 55.2 Å². The normalized spacial score (nSPS) is 15.0. The van der Waals surface area contributed by atoms with Gasteiger partial charge in [-0.15, -0.1) is 0 Å². The van der Waals surface area contributed by atoms with Crippen molar-refractivity contribution in [3.63, 3.8) is 0 Å². The molecule has 5 nitrogen and oxygen atoms in total. The Morgan fingerprint density at radius 3 is 2.70 bits per heavy atom. The van der Waals surface area contributed by atoms with Gasteiger partial charge in [0.1, 0.15) is 5.82 Å². The largest absolute Gasteiger partial charge is 0.308 e. The van der Waals surface area contributed by atoms with Gasteiger partial charge in [0.25, 0.3) is 11.5 Å². The third-order valence-corrected chi connectivity index (χ3v) is 5.42. The first-order chi connectivity index (χ1) is 13.0. The molecule has 0 N–H and O–H groups in total. The molecule has 6 heteroatoms. The fraction of sp³-hybridized carbons (Fsp3) is 0.190. The molecule has 0 fully saturated rings. The summed E-state index contributed by atoms with van der Waals surface area (Å²) in [7, 11) is 1.69. The predicted molar refractivity (Wildman–Crippen MR) is 117 cm³/mol. The van der Waals surface area contributed by atoms with E-state index in [1.54, 1.807) is 18.0 Å². The van der Waals surface area contributed by atoms with E-state index in [0.29, 0.717) is 28.8 Å². The quantitative estimate of drug-likeness (QED) is 0.431. The van der Waals surface area contributed by atoms with Crippen LogP contribution in [0.4, 0.5) is 5.69 Å². The third-order valence-electron chi connectivity index (χ3n) is 4.75. The second-order valence-corrected chi connectivity index (χ2v) is 7.77. The van der Waals surface area contributed by atoms with E-state index < -0.39 is 0 Å². The average molecular weight is 471 g/mol. The van der Waals surface area contributed by atoms with E-state index >= 15 is 0 Å². The highest BCUT2D eigenvalue weighted by molar-refractivity contribution is 14.1. The molecule has 2 aromatic carbocycles. The minimum Gasteiger partial charge on any atom is -0.308 e. The molecule has 1 aromatic heterocycles. The standard InChI is InChI=1S/C21H18IN3O2/c1-3-10-25-18-7-5-4-6-14(18)15(21(25)27)12-19-23-17-9-8-13(22)11-16(17)20(26)24(19)2/h4-9,11-12H,3,10H2,1-2H3/b15-12-. The monoisotopic (exact) mass is 471 g/mol. The molecule has 0 unspecified atom stereocenters. The van der Waals surface area contributed by atoms with Gasteiger partial charge in [0.2, 0.25) is 0 Å². The maximum atomic E-state index is 13.0. The minimum atomic E-state index is -0.116. The number of anilines is 1. The van der Waals surface area contributed by atoms with E-state index in [1.165, 1.54) is 4.57 Å². The van der Waals surface area contributed by atoms with Crippen molar-refractivity contribution in [2.75, 3.05) is 11.4 Å². The van der Waals surface area contributed by atoms with Crippen LogP contribution < -0.4 is 10.5 Å². The molecule has 0 aliphatic carbocycles. The number of amides is 1. The van der Waals surface area contributed by atoms with Crippen molar-refractivity contribution in [3.05, 3.63) is 67.8 Å². The van der Waals surface area contributed by atoms with Gasteiger partial charge in [0.15, 0.2) is 0 Å². The maximum absolute atomic E-state index is 13.0. The van der Waals surface area contributed by atoms with Crippen molar-refractivity contribution in [2.24, 2.45) is 7.05 Å². The van der Waals surface area contributed by atoms with Gasteiger partial charge in [-0.1, -0.05) is 25.1 Å². The number of halogens is 1. The van der Waals surface area contributed by atoms with Crippen molar-refractivity contribution in [1.29, 1.82) is 0 Å². The number of fused-ring (bicyclic) bond motifs is 2. The summed E-state index contributed by atoms with van der Waals surface area (Å²) >= 11 is 2.18. The van der Waals surface area contributed by atoms with Gasteiger partial charge in [-0.2, -0.15) is 0 Å². The molecular weight excluding hydrogens is 453 g/mol. The van der Waals surface area contributed by atoms with E-state index in [2.05, 4.69) is 27.6 Å². The van der Waals surface area contributed by atoms with Crippen molar-refractivity contribution >= 4 is 56.7 Å². The Balaban J connectivity index is 1.91. The van der Waals surface area contributed by atoms with Crippen LogP contribution in [0.3, 0.4) is 0 Å². The molecule has 2 heterocycles. The summed E-state index contributed by atoms with van der Waals surface area (Å²) < 4.78 is 2.49. The Morgan fingerprint density at radius 1 is 1.15 bits per heavy atom. The number of hydrogen-bond donors (Lipinski definition) is 0. The van der Waals surface area contributed by atoms with Gasteiger partial charge in [-0.05, 0) is 59.4 Å². The molecule has 136 valence electrons. The lowest BCUT2D eigenvalue weighted by Crippen LogP contribution is -2.27. The van der Waals surface area contributed by atoms with E-state index in [-0.39, 0.29) is 11.5 Å². The summed E-state index contributed by atoms with van der Waals surface area (Å²) in [5, 5.41) is 0.581. The van der Waals surface area contributed by atoms with Crippen LogP contribution in [0.5, 0.6) is 0 Å². The summed E-state index contributed by atoms with van der Waals surface area (Å²) in [5.41, 5.74) is 2.89. The van der Waals surface area contributed by atoms with Crippen LogP contribution in [-0.2, 0) is 11.8 Å². The number of hydrogen-bond acceptors (Lipinski definition) is 3. The Morgan fingerprint density at radius 2 is 1.93 bits per heavy atom. The number of nitrogens with zero attached hydrogens (tertiary/aromatic N) is 3. The van der Waals surface area contributed by atoms with Gasteiger partial charge in [-0.3, -0.25) is 14.2 Å². The van der Waals surface area contributed by atoms with Crippen LogP contribution in [0.15, 0.2) is 47.3 Å². The number of aromatic nitrogens is 2. The molecule has 0 saturated heterocycles. The lowest BCUT2D eigenvalue weighted by Gasteiger charge is -2.15. The molecule has 1 aliphatic heterocycles. The lowest BCUT2D eigenvalue weighted by molar-refractivity contribution is -0.113. The summed E-state index contributed by atoms with van der Waals surface area (Å²) in [6.45, 7) is 2.71. The highest BCUT2D eigenvalue weighted by Gasteiger charge is 2.31. The van der Waals surface area contributed by atoms with E-state index in [9.17, 15) is 9.59 Å². The lowest BCUT2D eigenvalue weighted by atomic mass is 10.1. The van der Waals surface area contributed by atoms with Gasteiger partial charge in [0, 0.05) is 22.7 Å². The summed E-state index contributed by atoms with van der Waals surface area (Å²) in [6, 6.07) is 13.4. The Labute approximate surface area is 170 Å². The van der Waals surface area contributed by atoms with Crippen molar-refractivity contribution < 1.29 is 4.79 Å². The van der Waals surface area contributed by atoms with Crippen LogP contribution >= 0.6 is 22.6 Å². The van der Waals surface area contributed by atoms with Gasteiger partial charge in [-0.25, -0.2) is 4.98 Å². The van der Waals surface area contributed by atoms with Crippen LogP contribution in [0.2, 0.25) is 0 Å². The first kappa shape index (κ1) is 17.9. The van der Waals surface area contributed by atoms with Crippen molar-refractivity contribution in [2.45, 2.75) is 13.3 Å². The smallest absolute Gasteiger partial charge is 0.261 e.